The predicted octanol–water partition coefficient (Wildman–Crippen LogP) is 3.71. The molecule has 0 aliphatic heterocycles. The summed E-state index contributed by atoms with van der Waals surface area (Å²) in [5, 5.41) is 0. The number of benzene rings is 1. The summed E-state index contributed by atoms with van der Waals surface area (Å²) in [7, 11) is 0.315. The fourth-order valence-corrected chi connectivity index (χ4v) is 6.24. The average molecular weight is 280 g/mol. The Labute approximate surface area is 125 Å². The molecule has 0 fully saturated rings. The molecule has 3 rings (SSSR count). The van der Waals surface area contributed by atoms with Gasteiger partial charge in [-0.05, 0) is 0 Å². The second kappa shape index (κ2) is 5.53. The van der Waals surface area contributed by atoms with Gasteiger partial charge in [0.2, 0.25) is 0 Å². The SMILES string of the molecule is C[S+](C)[B-](c1ccccc1)(C1C=CC=C1)C1C=CC=C1. The molecule has 0 unspecified atom stereocenters. The Morgan fingerprint density at radius 2 is 1.20 bits per heavy atom. The van der Waals surface area contributed by atoms with E-state index in [0.717, 1.165) is 0 Å². The second-order valence-electron chi connectivity index (χ2n) is 5.90. The van der Waals surface area contributed by atoms with E-state index < -0.39 is 5.42 Å². The van der Waals surface area contributed by atoms with Crippen molar-refractivity contribution >= 4 is 21.6 Å². The summed E-state index contributed by atoms with van der Waals surface area (Å²) in [5.41, 5.74) is 0.824. The number of allylic oxidation sites excluding steroid dienone is 8. The maximum Gasteiger partial charge on any atom is 0.269 e. The fourth-order valence-electron chi connectivity index (χ4n) is 3.91. The Kier molecular flexibility index (Phi) is 3.75. The van der Waals surface area contributed by atoms with Crippen molar-refractivity contribution in [3.63, 3.8) is 0 Å². The number of hydrogen-bond acceptors (Lipinski definition) is 0. The van der Waals surface area contributed by atoms with E-state index in [2.05, 4.69) is 91.5 Å². The van der Waals surface area contributed by atoms with Gasteiger partial charge in [0.25, 0.3) is 5.42 Å². The van der Waals surface area contributed by atoms with Crippen LogP contribution < -0.4 is 5.46 Å². The summed E-state index contributed by atoms with van der Waals surface area (Å²) in [6, 6.07) is 11.1. The summed E-state index contributed by atoms with van der Waals surface area (Å²) in [4.78, 5) is 0. The van der Waals surface area contributed by atoms with Crippen LogP contribution in [0.1, 0.15) is 0 Å². The lowest BCUT2D eigenvalue weighted by Gasteiger charge is -2.44. The van der Waals surface area contributed by atoms with Crippen LogP contribution in [0.5, 0.6) is 0 Å². The smallest absolute Gasteiger partial charge is 0.223 e. The van der Waals surface area contributed by atoms with E-state index in [9.17, 15) is 0 Å². The molecule has 0 spiro atoms. The quantitative estimate of drug-likeness (QED) is 0.582. The highest BCUT2D eigenvalue weighted by Gasteiger charge is 2.49. The highest BCUT2D eigenvalue weighted by molar-refractivity contribution is 8.27. The van der Waals surface area contributed by atoms with Crippen LogP contribution in [0, 0.1) is 0 Å². The van der Waals surface area contributed by atoms with Gasteiger partial charge >= 0.3 is 0 Å². The van der Waals surface area contributed by atoms with Crippen LogP contribution in [0.4, 0.5) is 0 Å². The molecule has 0 amide bonds. The van der Waals surface area contributed by atoms with E-state index in [1.165, 1.54) is 5.46 Å². The minimum Gasteiger partial charge on any atom is -0.223 e. The Bertz CT molecular complexity index is 529. The summed E-state index contributed by atoms with van der Waals surface area (Å²) in [5.74, 6) is 1.07. The molecule has 0 bridgehead atoms. The molecule has 0 radical (unpaired) electrons. The summed E-state index contributed by atoms with van der Waals surface area (Å²) in [6.07, 6.45) is 23.2. The first-order valence-corrected chi connectivity index (χ1v) is 9.36. The number of hydrogen-bond donors (Lipinski definition) is 0. The van der Waals surface area contributed by atoms with Crippen LogP contribution in [-0.2, 0) is 10.7 Å². The van der Waals surface area contributed by atoms with Crippen molar-refractivity contribution in [3.8, 4) is 0 Å². The Balaban J connectivity index is 2.18. The molecule has 0 heterocycles. The molecule has 0 aromatic heterocycles. The summed E-state index contributed by atoms with van der Waals surface area (Å²) in [6.45, 7) is 0. The van der Waals surface area contributed by atoms with Crippen molar-refractivity contribution in [3.05, 3.63) is 78.9 Å². The van der Waals surface area contributed by atoms with Gasteiger partial charge in [-0.25, -0.2) is 10.7 Å². The van der Waals surface area contributed by atoms with Crippen molar-refractivity contribution in [2.24, 2.45) is 0 Å². The maximum absolute atomic E-state index is 2.41. The first-order chi connectivity index (χ1) is 9.76. The molecule has 0 saturated carbocycles. The van der Waals surface area contributed by atoms with Crippen LogP contribution in [0.15, 0.2) is 78.9 Å². The van der Waals surface area contributed by atoms with Gasteiger partial charge in [0.15, 0.2) is 0 Å². The molecular formula is C18H21BS. The molecule has 1 aromatic rings. The standard InChI is InChI=1S/C18H21BS/c1-20(2)19(17-12-6-7-13-17,18-14-8-9-15-18)16-10-4-3-5-11-16/h3-15,17-18H,1-2H3. The first kappa shape index (κ1) is 13.6. The molecule has 102 valence electrons. The highest BCUT2D eigenvalue weighted by Crippen LogP contribution is 2.43. The van der Waals surface area contributed by atoms with Gasteiger partial charge in [-0.3, -0.25) is 0 Å². The van der Waals surface area contributed by atoms with Gasteiger partial charge in [-0.1, -0.05) is 66.3 Å². The lowest BCUT2D eigenvalue weighted by atomic mass is 9.29. The van der Waals surface area contributed by atoms with E-state index in [4.69, 9.17) is 0 Å². The van der Waals surface area contributed by atoms with Crippen molar-refractivity contribution in [2.75, 3.05) is 12.5 Å². The predicted molar refractivity (Wildman–Crippen MR) is 95.1 cm³/mol. The van der Waals surface area contributed by atoms with Gasteiger partial charge in [0.1, 0.15) is 0 Å². The van der Waals surface area contributed by atoms with E-state index in [-0.39, 0.29) is 0 Å². The van der Waals surface area contributed by atoms with Gasteiger partial charge < -0.3 is 0 Å². The zero-order valence-corrected chi connectivity index (χ0v) is 13.0. The third kappa shape index (κ3) is 2.03. The van der Waals surface area contributed by atoms with Crippen molar-refractivity contribution in [2.45, 2.75) is 11.6 Å². The van der Waals surface area contributed by atoms with Crippen molar-refractivity contribution in [1.82, 2.24) is 0 Å². The molecule has 0 N–H and O–H groups in total. The molecule has 2 aliphatic carbocycles. The van der Waals surface area contributed by atoms with Crippen LogP contribution >= 0.6 is 0 Å². The lowest BCUT2D eigenvalue weighted by molar-refractivity contribution is 1.23. The summed E-state index contributed by atoms with van der Waals surface area (Å²) < 4.78 is 0. The normalized spacial score (nSPS) is 18.8. The molecule has 0 atom stereocenters. The van der Waals surface area contributed by atoms with Crippen molar-refractivity contribution < 1.29 is 0 Å². The molecule has 0 nitrogen and oxygen atoms in total. The van der Waals surface area contributed by atoms with E-state index in [0.29, 0.717) is 22.4 Å². The molecule has 2 heteroatoms. The Hall–Kier alpha value is -1.41. The number of rotatable bonds is 4. The monoisotopic (exact) mass is 280 g/mol. The summed E-state index contributed by atoms with van der Waals surface area (Å²) >= 11 is 0. The maximum atomic E-state index is 2.41. The highest BCUT2D eigenvalue weighted by atomic mass is 32.2. The van der Waals surface area contributed by atoms with Crippen LogP contribution in [-0.4, -0.2) is 17.9 Å². The zero-order chi connectivity index (χ0) is 14.0. The van der Waals surface area contributed by atoms with Gasteiger partial charge in [-0.15, -0.1) is 24.3 Å². The van der Waals surface area contributed by atoms with Crippen LogP contribution in [0.25, 0.3) is 0 Å². The Morgan fingerprint density at radius 1 is 0.750 bits per heavy atom. The topological polar surface area (TPSA) is 0 Å². The van der Waals surface area contributed by atoms with Crippen LogP contribution in [0.3, 0.4) is 0 Å². The average Bonchev–Trinajstić information content (AvgIpc) is 3.14. The zero-order valence-electron chi connectivity index (χ0n) is 12.1. The molecular weight excluding hydrogens is 259 g/mol. The second-order valence-corrected chi connectivity index (χ2v) is 8.44. The molecule has 0 saturated heterocycles. The molecule has 2 aliphatic rings. The lowest BCUT2D eigenvalue weighted by Crippen LogP contribution is -2.59. The van der Waals surface area contributed by atoms with E-state index >= 15 is 0 Å². The van der Waals surface area contributed by atoms with Gasteiger partial charge in [-0.2, -0.15) is 5.46 Å². The van der Waals surface area contributed by atoms with Crippen molar-refractivity contribution in [1.29, 1.82) is 0 Å². The first-order valence-electron chi connectivity index (χ1n) is 7.25. The Morgan fingerprint density at radius 3 is 1.60 bits per heavy atom. The van der Waals surface area contributed by atoms with E-state index in [1.54, 1.807) is 0 Å². The third-order valence-electron chi connectivity index (χ3n) is 4.80. The van der Waals surface area contributed by atoms with E-state index in [1.807, 2.05) is 0 Å². The van der Waals surface area contributed by atoms with Gasteiger partial charge in [0.05, 0.1) is 12.5 Å². The largest absolute Gasteiger partial charge is 0.269 e. The third-order valence-corrected chi connectivity index (χ3v) is 7.26. The minimum atomic E-state index is -0.693. The fraction of sp³-hybridized carbons (Fsp3) is 0.222. The molecule has 1 aromatic carbocycles. The van der Waals surface area contributed by atoms with Crippen LogP contribution in [0.2, 0.25) is 11.6 Å². The molecule has 20 heavy (non-hydrogen) atoms. The van der Waals surface area contributed by atoms with Gasteiger partial charge in [0, 0.05) is 0 Å². The minimum absolute atomic E-state index is 0.315.